The van der Waals surface area contributed by atoms with Gasteiger partial charge in [-0.1, -0.05) is 19.1 Å². The third-order valence-corrected chi connectivity index (χ3v) is 7.09. The van der Waals surface area contributed by atoms with Crippen molar-refractivity contribution in [3.8, 4) is 0 Å². The molecule has 5 nitrogen and oxygen atoms in total. The number of nitrogens with zero attached hydrogens (tertiary/aromatic N) is 3. The fourth-order valence-corrected chi connectivity index (χ4v) is 4.91. The quantitative estimate of drug-likeness (QED) is 0.817. The highest BCUT2D eigenvalue weighted by atomic mass is 32.2. The number of piperazine rings is 1. The fourth-order valence-electron chi connectivity index (χ4n) is 2.88. The molecule has 1 fully saturated rings. The lowest BCUT2D eigenvalue weighted by Gasteiger charge is -2.33. The van der Waals surface area contributed by atoms with Gasteiger partial charge in [0, 0.05) is 38.1 Å². The van der Waals surface area contributed by atoms with Gasteiger partial charge >= 0.3 is 0 Å². The molecule has 0 radical (unpaired) electrons. The molecular formula is C17H23N3O2S2. The number of aromatic nitrogens is 1. The monoisotopic (exact) mass is 365 g/mol. The van der Waals surface area contributed by atoms with Gasteiger partial charge in [-0.05, 0) is 31.0 Å². The summed E-state index contributed by atoms with van der Waals surface area (Å²) in [6.45, 7) is 7.39. The second-order valence-electron chi connectivity index (χ2n) is 6.04. The molecule has 0 bridgehead atoms. The van der Waals surface area contributed by atoms with Crippen LogP contribution in [0.5, 0.6) is 0 Å². The summed E-state index contributed by atoms with van der Waals surface area (Å²) in [6, 6.07) is 7.23. The van der Waals surface area contributed by atoms with Gasteiger partial charge in [-0.15, -0.1) is 11.3 Å². The van der Waals surface area contributed by atoms with Crippen molar-refractivity contribution in [3.05, 3.63) is 45.9 Å². The zero-order valence-electron chi connectivity index (χ0n) is 14.1. The van der Waals surface area contributed by atoms with E-state index in [9.17, 15) is 8.42 Å². The predicted octanol–water partition coefficient (Wildman–Crippen LogP) is 2.52. The zero-order valence-corrected chi connectivity index (χ0v) is 15.7. The van der Waals surface area contributed by atoms with E-state index in [1.165, 1.54) is 0 Å². The van der Waals surface area contributed by atoms with Gasteiger partial charge in [-0.3, -0.25) is 4.90 Å². The smallest absolute Gasteiger partial charge is 0.243 e. The van der Waals surface area contributed by atoms with E-state index in [4.69, 9.17) is 0 Å². The highest BCUT2D eigenvalue weighted by Gasteiger charge is 2.28. The van der Waals surface area contributed by atoms with Crippen LogP contribution in [0, 0.1) is 6.92 Å². The van der Waals surface area contributed by atoms with Crippen LogP contribution in [-0.4, -0.2) is 48.8 Å². The molecule has 0 atom stereocenters. The molecule has 3 rings (SSSR count). The maximum absolute atomic E-state index is 12.8. The molecule has 24 heavy (non-hydrogen) atoms. The molecule has 0 N–H and O–H groups in total. The minimum Gasteiger partial charge on any atom is -0.295 e. The molecule has 0 amide bonds. The molecule has 0 unspecified atom stereocenters. The fraction of sp³-hybridized carbons (Fsp3) is 0.471. The molecule has 2 heterocycles. The molecule has 1 aliphatic heterocycles. The van der Waals surface area contributed by atoms with Crippen molar-refractivity contribution in [2.45, 2.75) is 31.7 Å². The van der Waals surface area contributed by atoms with Gasteiger partial charge in [-0.2, -0.15) is 4.31 Å². The lowest BCUT2D eigenvalue weighted by Crippen LogP contribution is -2.48. The average molecular weight is 366 g/mol. The number of aryl methyl sites for hydroxylation is 2. The first-order valence-corrected chi connectivity index (χ1v) is 10.5. The Labute approximate surface area is 148 Å². The molecule has 1 aromatic heterocycles. The highest BCUT2D eigenvalue weighted by Crippen LogP contribution is 2.19. The van der Waals surface area contributed by atoms with E-state index in [1.54, 1.807) is 27.8 Å². The second kappa shape index (κ2) is 7.31. The summed E-state index contributed by atoms with van der Waals surface area (Å²) >= 11 is 1.65. The lowest BCUT2D eigenvalue weighted by atomic mass is 10.2. The van der Waals surface area contributed by atoms with Crippen LogP contribution in [-0.2, 0) is 23.0 Å². The third kappa shape index (κ3) is 3.85. The molecule has 1 aromatic carbocycles. The van der Waals surface area contributed by atoms with Crippen molar-refractivity contribution in [3.63, 3.8) is 0 Å². The number of rotatable bonds is 5. The van der Waals surface area contributed by atoms with Crippen LogP contribution in [0.15, 0.2) is 34.5 Å². The van der Waals surface area contributed by atoms with E-state index in [1.807, 2.05) is 19.1 Å². The summed E-state index contributed by atoms with van der Waals surface area (Å²) in [5.74, 6) is 0. The van der Waals surface area contributed by atoms with Crippen molar-refractivity contribution in [1.82, 2.24) is 14.2 Å². The number of thiazole rings is 1. The van der Waals surface area contributed by atoms with Gasteiger partial charge in [0.1, 0.15) is 0 Å². The number of hydrogen-bond acceptors (Lipinski definition) is 5. The molecule has 0 saturated carbocycles. The second-order valence-corrected chi connectivity index (χ2v) is 9.04. The van der Waals surface area contributed by atoms with Crippen molar-refractivity contribution in [2.75, 3.05) is 26.2 Å². The van der Waals surface area contributed by atoms with Crippen LogP contribution in [0.4, 0.5) is 0 Å². The largest absolute Gasteiger partial charge is 0.295 e. The first-order chi connectivity index (χ1) is 11.5. The van der Waals surface area contributed by atoms with Gasteiger partial charge in [0.05, 0.1) is 15.6 Å². The van der Waals surface area contributed by atoms with Crippen molar-refractivity contribution in [1.29, 1.82) is 0 Å². The first-order valence-electron chi connectivity index (χ1n) is 8.21. The van der Waals surface area contributed by atoms with Crippen molar-refractivity contribution in [2.24, 2.45) is 0 Å². The number of hydrogen-bond donors (Lipinski definition) is 0. The Morgan fingerprint density at radius 3 is 2.33 bits per heavy atom. The molecule has 130 valence electrons. The van der Waals surface area contributed by atoms with E-state index in [2.05, 4.69) is 22.2 Å². The maximum Gasteiger partial charge on any atom is 0.243 e. The summed E-state index contributed by atoms with van der Waals surface area (Å²) < 4.78 is 27.1. The summed E-state index contributed by atoms with van der Waals surface area (Å²) in [5, 5.41) is 3.15. The van der Waals surface area contributed by atoms with Gasteiger partial charge in [0.15, 0.2) is 0 Å². The molecule has 2 aromatic rings. The van der Waals surface area contributed by atoms with Crippen molar-refractivity contribution >= 4 is 21.4 Å². The summed E-state index contributed by atoms with van der Waals surface area (Å²) in [5.41, 5.74) is 2.22. The summed E-state index contributed by atoms with van der Waals surface area (Å²) in [6.07, 6.45) is 0.912. The molecule has 0 aliphatic carbocycles. The number of sulfonamides is 1. The summed E-state index contributed by atoms with van der Waals surface area (Å²) in [7, 11) is -3.39. The average Bonchev–Trinajstić information content (AvgIpc) is 3.00. The van der Waals surface area contributed by atoms with Crippen LogP contribution in [0.3, 0.4) is 0 Å². The van der Waals surface area contributed by atoms with E-state index in [0.29, 0.717) is 18.0 Å². The Bertz CT molecular complexity index is 776. The van der Waals surface area contributed by atoms with Crippen LogP contribution in [0.2, 0.25) is 0 Å². The molecule has 7 heteroatoms. The topological polar surface area (TPSA) is 53.5 Å². The number of benzene rings is 1. The van der Waals surface area contributed by atoms with Gasteiger partial charge in [0.25, 0.3) is 0 Å². The Morgan fingerprint density at radius 2 is 1.79 bits per heavy atom. The van der Waals surface area contributed by atoms with Crippen molar-refractivity contribution < 1.29 is 8.42 Å². The van der Waals surface area contributed by atoms with E-state index in [0.717, 1.165) is 42.3 Å². The van der Waals surface area contributed by atoms with Crippen LogP contribution in [0.25, 0.3) is 0 Å². The van der Waals surface area contributed by atoms with E-state index < -0.39 is 10.0 Å². The lowest BCUT2D eigenvalue weighted by molar-refractivity contribution is 0.180. The van der Waals surface area contributed by atoms with Crippen LogP contribution < -0.4 is 0 Å². The first kappa shape index (κ1) is 17.5. The summed E-state index contributed by atoms with van der Waals surface area (Å²) in [4.78, 5) is 7.14. The minimum atomic E-state index is -3.39. The molecular weight excluding hydrogens is 342 g/mol. The van der Waals surface area contributed by atoms with Gasteiger partial charge in [0.2, 0.25) is 10.0 Å². The Balaban J connectivity index is 1.62. The van der Waals surface area contributed by atoms with Crippen LogP contribution >= 0.6 is 11.3 Å². The normalized spacial score (nSPS) is 17.2. The molecule has 0 spiro atoms. The van der Waals surface area contributed by atoms with Gasteiger partial charge in [-0.25, -0.2) is 13.4 Å². The Kier molecular flexibility index (Phi) is 5.34. The van der Waals surface area contributed by atoms with Crippen LogP contribution in [0.1, 0.15) is 23.2 Å². The maximum atomic E-state index is 12.8. The SMILES string of the molecule is CCc1ccc(S(=O)(=O)N2CCN(Cc3csc(C)n3)CC2)cc1. The highest BCUT2D eigenvalue weighted by molar-refractivity contribution is 7.89. The Hall–Kier alpha value is -1.28. The Morgan fingerprint density at radius 1 is 1.12 bits per heavy atom. The predicted molar refractivity (Wildman–Crippen MR) is 96.7 cm³/mol. The zero-order chi connectivity index (χ0) is 17.2. The standard InChI is InChI=1S/C17H23N3O2S2/c1-3-15-4-6-17(7-5-15)24(21,22)20-10-8-19(9-11-20)12-16-13-23-14(2)18-16/h4-7,13H,3,8-12H2,1-2H3. The third-order valence-electron chi connectivity index (χ3n) is 4.35. The molecule has 1 aliphatic rings. The molecule has 1 saturated heterocycles. The minimum absolute atomic E-state index is 0.392. The van der Waals surface area contributed by atoms with E-state index >= 15 is 0 Å². The van der Waals surface area contributed by atoms with E-state index in [-0.39, 0.29) is 0 Å². The van der Waals surface area contributed by atoms with Gasteiger partial charge < -0.3 is 0 Å².